The van der Waals surface area contributed by atoms with Gasteiger partial charge in [0.2, 0.25) is 0 Å². The van der Waals surface area contributed by atoms with E-state index in [4.69, 9.17) is 4.52 Å². The third kappa shape index (κ3) is 3.55. The van der Waals surface area contributed by atoms with Gasteiger partial charge < -0.3 is 9.84 Å². The molecule has 1 aliphatic heterocycles. The number of nitrogens with one attached hydrogen (secondary N) is 1. The molecule has 1 fully saturated rings. The highest BCUT2D eigenvalue weighted by Crippen LogP contribution is 2.30. The highest BCUT2D eigenvalue weighted by atomic mass is 79.9. The molecule has 1 atom stereocenters. The molecular weight excluding hydrogens is 406 g/mol. The van der Waals surface area contributed by atoms with Crippen molar-refractivity contribution in [1.82, 2.24) is 25.3 Å². The number of halogens is 2. The van der Waals surface area contributed by atoms with Gasteiger partial charge in [-0.3, -0.25) is 9.88 Å². The monoisotopic (exact) mass is 423 g/mol. The van der Waals surface area contributed by atoms with Crippen LogP contribution >= 0.6 is 28.3 Å². The zero-order valence-electron chi connectivity index (χ0n) is 14.0. The lowest BCUT2D eigenvalue weighted by molar-refractivity contribution is 0.190. The van der Waals surface area contributed by atoms with Crippen LogP contribution in [0.3, 0.4) is 0 Å². The van der Waals surface area contributed by atoms with Crippen molar-refractivity contribution < 1.29 is 4.52 Å². The number of fused-ring (bicyclic) bond motifs is 1. The van der Waals surface area contributed by atoms with Crippen LogP contribution < -0.4 is 5.32 Å². The Morgan fingerprint density at radius 1 is 1.28 bits per heavy atom. The molecule has 8 heteroatoms. The molecule has 1 unspecified atom stereocenters. The van der Waals surface area contributed by atoms with Crippen LogP contribution in [0.1, 0.15) is 17.6 Å². The van der Waals surface area contributed by atoms with E-state index in [1.54, 1.807) is 0 Å². The van der Waals surface area contributed by atoms with E-state index in [0.29, 0.717) is 5.89 Å². The fourth-order valence-corrected chi connectivity index (χ4v) is 3.43. The molecule has 3 heterocycles. The van der Waals surface area contributed by atoms with Crippen LogP contribution in [-0.2, 0) is 0 Å². The third-order valence-electron chi connectivity index (χ3n) is 4.38. The van der Waals surface area contributed by atoms with Gasteiger partial charge in [0, 0.05) is 35.2 Å². The quantitative estimate of drug-likeness (QED) is 0.680. The van der Waals surface area contributed by atoms with Crippen LogP contribution in [0.2, 0.25) is 0 Å². The van der Waals surface area contributed by atoms with Gasteiger partial charge in [-0.25, -0.2) is 0 Å². The average Bonchev–Trinajstić information content (AvgIpc) is 3.03. The average molecular weight is 425 g/mol. The number of pyridine rings is 1. The lowest BCUT2D eigenvalue weighted by Crippen LogP contribution is -2.44. The van der Waals surface area contributed by atoms with E-state index < -0.39 is 0 Å². The summed E-state index contributed by atoms with van der Waals surface area (Å²) >= 11 is 3.50. The third-order valence-corrected chi connectivity index (χ3v) is 4.87. The maximum atomic E-state index is 5.59. The van der Waals surface area contributed by atoms with Crippen LogP contribution in [0.25, 0.3) is 22.4 Å². The fourth-order valence-electron chi connectivity index (χ4n) is 3.08. The van der Waals surface area contributed by atoms with Gasteiger partial charge in [-0.2, -0.15) is 4.98 Å². The number of aromatic nitrogens is 3. The summed E-state index contributed by atoms with van der Waals surface area (Å²) in [6, 6.07) is 8.16. The molecule has 25 heavy (non-hydrogen) atoms. The SMILES string of the molecule is Cc1cc(-c2nc(C3CNCCN3C)no2)c2ccc(Br)cc2n1.Cl. The van der Waals surface area contributed by atoms with E-state index in [-0.39, 0.29) is 18.4 Å². The van der Waals surface area contributed by atoms with Gasteiger partial charge in [-0.05, 0) is 32.2 Å². The Kier molecular flexibility index (Phi) is 5.38. The highest BCUT2D eigenvalue weighted by Gasteiger charge is 2.26. The first kappa shape index (κ1) is 18.3. The Balaban J connectivity index is 0.00000182. The molecule has 132 valence electrons. The van der Waals surface area contributed by atoms with Crippen LogP contribution in [0.15, 0.2) is 33.3 Å². The summed E-state index contributed by atoms with van der Waals surface area (Å²) in [5.74, 6) is 1.27. The molecule has 3 aromatic rings. The van der Waals surface area contributed by atoms with Gasteiger partial charge in [0.1, 0.15) is 0 Å². The van der Waals surface area contributed by atoms with E-state index in [1.807, 2.05) is 31.2 Å². The second-order valence-corrected chi connectivity index (χ2v) is 7.05. The van der Waals surface area contributed by atoms with Gasteiger partial charge in [0.15, 0.2) is 5.82 Å². The maximum absolute atomic E-state index is 5.59. The van der Waals surface area contributed by atoms with Crippen LogP contribution in [0, 0.1) is 6.92 Å². The van der Waals surface area contributed by atoms with Gasteiger partial charge in [-0.15, -0.1) is 12.4 Å². The first-order valence-electron chi connectivity index (χ1n) is 7.93. The Morgan fingerprint density at radius 2 is 2.12 bits per heavy atom. The number of piperazine rings is 1. The Hall–Kier alpha value is -1.54. The number of aryl methyl sites for hydroxylation is 1. The predicted octanol–water partition coefficient (Wildman–Crippen LogP) is 3.35. The first-order chi connectivity index (χ1) is 11.6. The Labute approximate surface area is 160 Å². The van der Waals surface area contributed by atoms with Gasteiger partial charge >= 0.3 is 0 Å². The molecule has 4 rings (SSSR count). The molecule has 0 aliphatic carbocycles. The largest absolute Gasteiger partial charge is 0.334 e. The van der Waals surface area contributed by atoms with E-state index in [1.165, 1.54) is 0 Å². The van der Waals surface area contributed by atoms with Gasteiger partial charge in [-0.1, -0.05) is 27.2 Å². The molecule has 1 N–H and O–H groups in total. The summed E-state index contributed by atoms with van der Waals surface area (Å²) in [6.07, 6.45) is 0. The summed E-state index contributed by atoms with van der Waals surface area (Å²) in [5.41, 5.74) is 2.76. The minimum atomic E-state index is 0. The van der Waals surface area contributed by atoms with Crippen molar-refractivity contribution in [2.75, 3.05) is 26.7 Å². The van der Waals surface area contributed by atoms with Crippen molar-refractivity contribution in [3.8, 4) is 11.5 Å². The minimum Gasteiger partial charge on any atom is -0.334 e. The predicted molar refractivity (Wildman–Crippen MR) is 103 cm³/mol. The molecule has 1 aromatic carbocycles. The zero-order valence-corrected chi connectivity index (χ0v) is 16.4. The Morgan fingerprint density at radius 3 is 2.92 bits per heavy atom. The molecule has 0 radical (unpaired) electrons. The van der Waals surface area contributed by atoms with Crippen molar-refractivity contribution in [3.05, 3.63) is 40.3 Å². The van der Waals surface area contributed by atoms with Gasteiger partial charge in [0.05, 0.1) is 17.1 Å². The number of nitrogens with zero attached hydrogens (tertiary/aromatic N) is 4. The molecule has 0 spiro atoms. The molecule has 1 saturated heterocycles. The van der Waals surface area contributed by atoms with Crippen molar-refractivity contribution in [3.63, 3.8) is 0 Å². The number of likely N-dealkylation sites (N-methyl/N-ethyl adjacent to an activating group) is 1. The highest BCUT2D eigenvalue weighted by molar-refractivity contribution is 9.10. The van der Waals surface area contributed by atoms with Crippen molar-refractivity contribution in [2.45, 2.75) is 13.0 Å². The minimum absolute atomic E-state index is 0. The second kappa shape index (κ2) is 7.37. The zero-order chi connectivity index (χ0) is 16.7. The topological polar surface area (TPSA) is 67.1 Å². The lowest BCUT2D eigenvalue weighted by Gasteiger charge is -2.30. The first-order valence-corrected chi connectivity index (χ1v) is 8.73. The number of hydrogen-bond donors (Lipinski definition) is 1. The maximum Gasteiger partial charge on any atom is 0.258 e. The van der Waals surface area contributed by atoms with E-state index in [2.05, 4.69) is 48.3 Å². The molecule has 2 aromatic heterocycles. The van der Waals surface area contributed by atoms with E-state index in [9.17, 15) is 0 Å². The number of rotatable bonds is 2. The Bertz CT molecular complexity index is 895. The normalized spacial score (nSPS) is 18.3. The standard InChI is InChI=1S/C17H18BrN5O.ClH/c1-10-7-13(12-4-3-11(18)8-14(12)20-10)17-21-16(22-24-17)15-9-19-5-6-23(15)2;/h3-4,7-8,15,19H,5-6,9H2,1-2H3;1H. The van der Waals surface area contributed by atoms with Gasteiger partial charge in [0.25, 0.3) is 5.89 Å². The van der Waals surface area contributed by atoms with Crippen LogP contribution in [-0.4, -0.2) is 46.7 Å². The smallest absolute Gasteiger partial charge is 0.258 e. The van der Waals surface area contributed by atoms with Crippen LogP contribution in [0.5, 0.6) is 0 Å². The van der Waals surface area contributed by atoms with Crippen molar-refractivity contribution >= 4 is 39.2 Å². The molecule has 0 bridgehead atoms. The summed E-state index contributed by atoms with van der Waals surface area (Å²) in [4.78, 5) is 11.5. The molecular formula is C17H19BrClN5O. The van der Waals surface area contributed by atoms with Crippen LogP contribution in [0.4, 0.5) is 0 Å². The summed E-state index contributed by atoms with van der Waals surface area (Å²) in [7, 11) is 2.09. The summed E-state index contributed by atoms with van der Waals surface area (Å²) < 4.78 is 6.59. The van der Waals surface area contributed by atoms with Crippen molar-refractivity contribution in [1.29, 1.82) is 0 Å². The van der Waals surface area contributed by atoms with Crippen molar-refractivity contribution in [2.24, 2.45) is 0 Å². The molecule has 1 aliphatic rings. The van der Waals surface area contributed by atoms with E-state index >= 15 is 0 Å². The fraction of sp³-hybridized carbons (Fsp3) is 0.353. The molecule has 0 amide bonds. The number of hydrogen-bond acceptors (Lipinski definition) is 6. The second-order valence-electron chi connectivity index (χ2n) is 6.13. The number of benzene rings is 1. The summed E-state index contributed by atoms with van der Waals surface area (Å²) in [6.45, 7) is 4.76. The molecule has 6 nitrogen and oxygen atoms in total. The lowest BCUT2D eigenvalue weighted by atomic mass is 10.1. The summed E-state index contributed by atoms with van der Waals surface area (Å²) in [5, 5.41) is 8.61. The molecule has 0 saturated carbocycles. The van der Waals surface area contributed by atoms with E-state index in [0.717, 1.165) is 52.1 Å².